The van der Waals surface area contributed by atoms with E-state index in [0.29, 0.717) is 10.9 Å². The lowest BCUT2D eigenvalue weighted by Gasteiger charge is -2.18. The molecular formula is C11H13ClN2O. The van der Waals surface area contributed by atoms with Gasteiger partial charge in [0.1, 0.15) is 5.52 Å². The SMILES string of the molecule is CNC(C)(C)c1nc2ccc(Cl)cc2o1. The van der Waals surface area contributed by atoms with E-state index >= 15 is 0 Å². The predicted octanol–water partition coefficient (Wildman–Crippen LogP) is 2.94. The van der Waals surface area contributed by atoms with E-state index in [2.05, 4.69) is 10.3 Å². The Morgan fingerprint density at radius 2 is 2.13 bits per heavy atom. The smallest absolute Gasteiger partial charge is 0.215 e. The molecule has 0 radical (unpaired) electrons. The Morgan fingerprint density at radius 1 is 1.40 bits per heavy atom. The van der Waals surface area contributed by atoms with E-state index in [1.807, 2.05) is 33.0 Å². The van der Waals surface area contributed by atoms with E-state index in [1.54, 1.807) is 6.07 Å². The van der Waals surface area contributed by atoms with Crippen LogP contribution in [0.15, 0.2) is 22.6 Å². The summed E-state index contributed by atoms with van der Waals surface area (Å²) in [7, 11) is 1.88. The molecule has 0 bridgehead atoms. The summed E-state index contributed by atoms with van der Waals surface area (Å²) in [6, 6.07) is 5.44. The van der Waals surface area contributed by atoms with Gasteiger partial charge in [0.25, 0.3) is 0 Å². The third-order valence-electron chi connectivity index (χ3n) is 2.51. The standard InChI is InChI=1S/C11H13ClN2O/c1-11(2,13-3)10-14-8-5-4-7(12)6-9(8)15-10/h4-6,13H,1-3H3. The van der Waals surface area contributed by atoms with Gasteiger partial charge in [-0.05, 0) is 33.0 Å². The van der Waals surface area contributed by atoms with Crippen LogP contribution in [-0.2, 0) is 5.54 Å². The quantitative estimate of drug-likeness (QED) is 0.853. The zero-order valence-corrected chi connectivity index (χ0v) is 9.72. The first kappa shape index (κ1) is 10.5. The number of halogens is 1. The summed E-state index contributed by atoms with van der Waals surface area (Å²) < 4.78 is 5.65. The highest BCUT2D eigenvalue weighted by Gasteiger charge is 2.24. The van der Waals surface area contributed by atoms with Crippen LogP contribution in [0.25, 0.3) is 11.1 Å². The Balaban J connectivity index is 2.56. The fourth-order valence-electron chi connectivity index (χ4n) is 1.27. The van der Waals surface area contributed by atoms with Crippen LogP contribution in [0.5, 0.6) is 0 Å². The molecule has 1 aromatic carbocycles. The van der Waals surface area contributed by atoms with E-state index in [4.69, 9.17) is 16.0 Å². The van der Waals surface area contributed by atoms with Gasteiger partial charge in [0.2, 0.25) is 5.89 Å². The van der Waals surface area contributed by atoms with Gasteiger partial charge in [-0.2, -0.15) is 0 Å². The number of hydrogen-bond donors (Lipinski definition) is 1. The van der Waals surface area contributed by atoms with Crippen molar-refractivity contribution in [2.45, 2.75) is 19.4 Å². The molecule has 2 aromatic rings. The lowest BCUT2D eigenvalue weighted by Crippen LogP contribution is -2.33. The second-order valence-electron chi connectivity index (χ2n) is 4.01. The number of nitrogens with one attached hydrogen (secondary N) is 1. The number of fused-ring (bicyclic) bond motifs is 1. The fourth-order valence-corrected chi connectivity index (χ4v) is 1.43. The molecule has 0 saturated heterocycles. The Bertz CT molecular complexity index is 490. The van der Waals surface area contributed by atoms with Crippen molar-refractivity contribution >= 4 is 22.7 Å². The minimum Gasteiger partial charge on any atom is -0.439 e. The first-order chi connectivity index (χ1) is 7.03. The van der Waals surface area contributed by atoms with Crippen molar-refractivity contribution in [3.63, 3.8) is 0 Å². The van der Waals surface area contributed by atoms with Gasteiger partial charge < -0.3 is 9.73 Å². The summed E-state index contributed by atoms with van der Waals surface area (Å²) in [5.41, 5.74) is 1.28. The van der Waals surface area contributed by atoms with Crippen molar-refractivity contribution in [1.29, 1.82) is 0 Å². The first-order valence-corrected chi connectivity index (χ1v) is 5.16. The number of rotatable bonds is 2. The number of hydrogen-bond acceptors (Lipinski definition) is 3. The molecule has 15 heavy (non-hydrogen) atoms. The molecule has 0 unspecified atom stereocenters. The van der Waals surface area contributed by atoms with Gasteiger partial charge in [-0.15, -0.1) is 0 Å². The molecule has 0 aliphatic heterocycles. The molecule has 0 aliphatic carbocycles. The zero-order valence-electron chi connectivity index (χ0n) is 8.97. The van der Waals surface area contributed by atoms with Gasteiger partial charge in [0.05, 0.1) is 5.54 Å². The van der Waals surface area contributed by atoms with Gasteiger partial charge in [-0.3, -0.25) is 0 Å². The number of nitrogens with zero attached hydrogens (tertiary/aromatic N) is 1. The summed E-state index contributed by atoms with van der Waals surface area (Å²) in [6.45, 7) is 4.03. The highest BCUT2D eigenvalue weighted by atomic mass is 35.5. The molecule has 1 heterocycles. The summed E-state index contributed by atoms with van der Waals surface area (Å²) in [5, 5.41) is 3.80. The highest BCUT2D eigenvalue weighted by Crippen LogP contribution is 2.25. The van der Waals surface area contributed by atoms with E-state index < -0.39 is 0 Å². The van der Waals surface area contributed by atoms with Gasteiger partial charge >= 0.3 is 0 Å². The second kappa shape index (κ2) is 3.51. The van der Waals surface area contributed by atoms with Crippen LogP contribution in [0.4, 0.5) is 0 Å². The average molecular weight is 225 g/mol. The molecule has 80 valence electrons. The Morgan fingerprint density at radius 3 is 2.80 bits per heavy atom. The highest BCUT2D eigenvalue weighted by molar-refractivity contribution is 6.31. The molecule has 0 spiro atoms. The van der Waals surface area contributed by atoms with Crippen LogP contribution in [-0.4, -0.2) is 12.0 Å². The molecule has 1 aromatic heterocycles. The summed E-state index contributed by atoms with van der Waals surface area (Å²) in [5.74, 6) is 0.669. The third-order valence-corrected chi connectivity index (χ3v) is 2.75. The van der Waals surface area contributed by atoms with Gasteiger partial charge in [-0.1, -0.05) is 11.6 Å². The molecule has 0 amide bonds. The Hall–Kier alpha value is -1.06. The van der Waals surface area contributed by atoms with Crippen LogP contribution >= 0.6 is 11.6 Å². The van der Waals surface area contributed by atoms with Gasteiger partial charge in [-0.25, -0.2) is 4.98 Å². The van der Waals surface area contributed by atoms with Crippen LogP contribution in [0.1, 0.15) is 19.7 Å². The second-order valence-corrected chi connectivity index (χ2v) is 4.44. The van der Waals surface area contributed by atoms with Crippen molar-refractivity contribution in [3.8, 4) is 0 Å². The van der Waals surface area contributed by atoms with Crippen LogP contribution in [0, 0.1) is 0 Å². The lowest BCUT2D eigenvalue weighted by atomic mass is 10.1. The van der Waals surface area contributed by atoms with E-state index in [1.165, 1.54) is 0 Å². The van der Waals surface area contributed by atoms with Crippen LogP contribution < -0.4 is 5.32 Å². The van der Waals surface area contributed by atoms with Crippen LogP contribution in [0.3, 0.4) is 0 Å². The topological polar surface area (TPSA) is 38.1 Å². The zero-order chi connectivity index (χ0) is 11.1. The maximum Gasteiger partial charge on any atom is 0.215 e. The largest absolute Gasteiger partial charge is 0.439 e. The van der Waals surface area contributed by atoms with E-state index in [-0.39, 0.29) is 5.54 Å². The fraction of sp³-hybridized carbons (Fsp3) is 0.364. The lowest BCUT2D eigenvalue weighted by molar-refractivity contribution is 0.338. The number of benzene rings is 1. The number of aromatic nitrogens is 1. The van der Waals surface area contributed by atoms with Crippen molar-refractivity contribution in [1.82, 2.24) is 10.3 Å². The summed E-state index contributed by atoms with van der Waals surface area (Å²) >= 11 is 5.87. The Kier molecular flexibility index (Phi) is 2.44. The molecule has 4 heteroatoms. The predicted molar refractivity (Wildman–Crippen MR) is 61.1 cm³/mol. The van der Waals surface area contributed by atoms with E-state index in [9.17, 15) is 0 Å². The minimum atomic E-state index is -0.272. The molecule has 0 fully saturated rings. The molecular weight excluding hydrogens is 212 g/mol. The molecule has 3 nitrogen and oxygen atoms in total. The Labute approximate surface area is 93.4 Å². The molecule has 2 rings (SSSR count). The minimum absolute atomic E-state index is 0.272. The number of oxazole rings is 1. The normalized spacial score (nSPS) is 12.3. The van der Waals surface area contributed by atoms with E-state index in [0.717, 1.165) is 11.1 Å². The third kappa shape index (κ3) is 1.85. The molecule has 0 aliphatic rings. The summed E-state index contributed by atoms with van der Waals surface area (Å²) in [4.78, 5) is 4.41. The van der Waals surface area contributed by atoms with Crippen molar-refractivity contribution in [3.05, 3.63) is 29.1 Å². The molecule has 0 saturated carbocycles. The van der Waals surface area contributed by atoms with Crippen molar-refractivity contribution in [2.75, 3.05) is 7.05 Å². The molecule has 0 atom stereocenters. The van der Waals surface area contributed by atoms with Crippen LogP contribution in [0.2, 0.25) is 5.02 Å². The first-order valence-electron chi connectivity index (χ1n) is 4.78. The monoisotopic (exact) mass is 224 g/mol. The maximum atomic E-state index is 5.87. The maximum absolute atomic E-state index is 5.87. The van der Waals surface area contributed by atoms with Gasteiger partial charge in [0.15, 0.2) is 5.58 Å². The average Bonchev–Trinajstić information content (AvgIpc) is 2.61. The molecule has 1 N–H and O–H groups in total. The van der Waals surface area contributed by atoms with Gasteiger partial charge in [0, 0.05) is 11.1 Å². The summed E-state index contributed by atoms with van der Waals surface area (Å²) in [6.07, 6.45) is 0. The van der Waals surface area contributed by atoms with Crippen molar-refractivity contribution < 1.29 is 4.42 Å². The van der Waals surface area contributed by atoms with Crippen molar-refractivity contribution in [2.24, 2.45) is 0 Å².